The summed E-state index contributed by atoms with van der Waals surface area (Å²) in [6.45, 7) is 0. The van der Waals surface area contributed by atoms with Gasteiger partial charge in [0.1, 0.15) is 11.4 Å². The van der Waals surface area contributed by atoms with Gasteiger partial charge in [-0.2, -0.15) is 26.3 Å². The lowest BCUT2D eigenvalue weighted by atomic mass is 10.1. The molecule has 0 fully saturated rings. The molecule has 0 radical (unpaired) electrons. The Balaban J connectivity index is 0.000000300. The number of carboxylic acid groups (broad SMARTS) is 1. The van der Waals surface area contributed by atoms with Gasteiger partial charge in [0.15, 0.2) is 5.82 Å². The average molecular weight is 592 g/mol. The van der Waals surface area contributed by atoms with Crippen LogP contribution in [0.5, 0.6) is 0 Å². The van der Waals surface area contributed by atoms with Crippen LogP contribution in [0.25, 0.3) is 0 Å². The number of rotatable bonds is 2. The lowest BCUT2D eigenvalue weighted by molar-refractivity contribution is -0.140. The molecule has 1 N–H and O–H groups in total. The first-order valence-corrected chi connectivity index (χ1v) is 9.00. The third kappa shape index (κ3) is 6.14. The Labute approximate surface area is 183 Å². The van der Waals surface area contributed by atoms with Crippen LogP contribution in [0, 0.1) is 11.6 Å². The van der Waals surface area contributed by atoms with Crippen LogP contribution in [-0.4, -0.2) is 16.3 Å². The molecule has 2 aromatic carbocycles. The number of hydrogen-bond acceptors (Lipinski definition) is 2. The van der Waals surface area contributed by atoms with Crippen LogP contribution in [0.4, 0.5) is 35.1 Å². The Morgan fingerprint density at radius 3 is 1.40 bits per heavy atom. The number of hydrogen-bond donors (Lipinski definition) is 1. The van der Waals surface area contributed by atoms with Gasteiger partial charge in [-0.15, -0.1) is 0 Å². The molecule has 0 saturated heterocycles. The van der Waals surface area contributed by atoms with Crippen LogP contribution in [0.1, 0.15) is 31.8 Å². The van der Waals surface area contributed by atoms with E-state index in [4.69, 9.17) is 16.7 Å². The van der Waals surface area contributed by atoms with Crippen LogP contribution in [0.15, 0.2) is 33.2 Å². The molecule has 0 saturated carbocycles. The summed E-state index contributed by atoms with van der Waals surface area (Å²) in [6.07, 6.45) is -9.76. The number of carboxylic acids is 1. The van der Waals surface area contributed by atoms with Crippen molar-refractivity contribution in [3.8, 4) is 0 Å². The average Bonchev–Trinajstić information content (AvgIpc) is 2.52. The van der Waals surface area contributed by atoms with E-state index in [1.807, 2.05) is 0 Å². The topological polar surface area (TPSA) is 54.4 Å². The summed E-state index contributed by atoms with van der Waals surface area (Å²) >= 11 is 10.4. The van der Waals surface area contributed by atoms with Gasteiger partial charge in [-0.25, -0.2) is 13.6 Å². The summed E-state index contributed by atoms with van der Waals surface area (Å²) in [7, 11) is 0. The summed E-state index contributed by atoms with van der Waals surface area (Å²) in [5, 5.41) is 7.21. The van der Waals surface area contributed by atoms with Crippen molar-refractivity contribution in [1.29, 1.82) is 0 Å². The molecular weight excluding hydrogens is 587 g/mol. The van der Waals surface area contributed by atoms with Crippen molar-refractivity contribution in [2.45, 2.75) is 12.4 Å². The lowest BCUT2D eigenvalue weighted by Crippen LogP contribution is -2.12. The van der Waals surface area contributed by atoms with E-state index >= 15 is 0 Å². The van der Waals surface area contributed by atoms with Gasteiger partial charge in [-0.05, 0) is 67.7 Å². The number of aromatic carboxylic acids is 1. The first-order valence-electron chi connectivity index (χ1n) is 7.03. The molecule has 3 nitrogen and oxygen atoms in total. The van der Waals surface area contributed by atoms with Gasteiger partial charge in [0.25, 0.3) is 5.24 Å². The van der Waals surface area contributed by atoms with E-state index < -0.39 is 57.5 Å². The van der Waals surface area contributed by atoms with Crippen molar-refractivity contribution in [3.05, 3.63) is 67.1 Å². The fraction of sp³-hybridized carbons (Fsp3) is 0.125. The van der Waals surface area contributed by atoms with Crippen molar-refractivity contribution in [1.82, 2.24) is 0 Å². The maximum atomic E-state index is 13.2. The lowest BCUT2D eigenvalue weighted by Gasteiger charge is -2.10. The molecule has 0 unspecified atom stereocenters. The van der Waals surface area contributed by atoms with Gasteiger partial charge < -0.3 is 5.11 Å². The van der Waals surface area contributed by atoms with Gasteiger partial charge >= 0.3 is 18.3 Å². The maximum absolute atomic E-state index is 13.2. The van der Waals surface area contributed by atoms with E-state index in [-0.39, 0.29) is 8.95 Å². The van der Waals surface area contributed by atoms with Crippen molar-refractivity contribution in [3.63, 3.8) is 0 Å². The molecule has 2 rings (SSSR count). The highest BCUT2D eigenvalue weighted by Crippen LogP contribution is 2.36. The van der Waals surface area contributed by atoms with E-state index in [0.717, 1.165) is 12.1 Å². The molecule has 0 aliphatic rings. The molecule has 0 bridgehead atoms. The first-order chi connectivity index (χ1) is 13.5. The van der Waals surface area contributed by atoms with Crippen LogP contribution in [0.3, 0.4) is 0 Å². The molecule has 0 aliphatic heterocycles. The quantitative estimate of drug-likeness (QED) is 0.295. The standard InChI is InChI=1S/C8H2BrClF4O.C8H3BrF4O2/c9-4-2-1-3(8(12,13)14)6(11)5(4)7(10)15;9-4-2-1-3(8(11,12)13)6(10)5(4)7(14)15/h1-2H;1-2H,(H,14,15). The SMILES string of the molecule is O=C(Cl)c1c(Br)ccc(C(F)(F)F)c1F.O=C(O)c1c(Br)ccc(C(F)(F)F)c1F. The molecule has 0 spiro atoms. The van der Waals surface area contributed by atoms with Gasteiger partial charge in [-0.1, -0.05) is 0 Å². The van der Waals surface area contributed by atoms with E-state index in [1.165, 1.54) is 0 Å². The van der Waals surface area contributed by atoms with E-state index in [9.17, 15) is 44.7 Å². The van der Waals surface area contributed by atoms with Crippen molar-refractivity contribution >= 4 is 54.7 Å². The molecule has 30 heavy (non-hydrogen) atoms. The third-order valence-corrected chi connectivity index (χ3v) is 4.71. The largest absolute Gasteiger partial charge is 0.478 e. The Kier molecular flexibility index (Phi) is 8.42. The molecule has 0 aromatic heterocycles. The Bertz CT molecular complexity index is 910. The molecule has 0 amide bonds. The smallest absolute Gasteiger partial charge is 0.419 e. The fourth-order valence-electron chi connectivity index (χ4n) is 1.92. The number of halogens is 11. The number of benzene rings is 2. The molecule has 0 atom stereocenters. The molecule has 0 heterocycles. The Morgan fingerprint density at radius 2 is 1.10 bits per heavy atom. The molecule has 0 aliphatic carbocycles. The Hall–Kier alpha value is -1.73. The van der Waals surface area contributed by atoms with Crippen molar-refractivity contribution in [2.24, 2.45) is 0 Å². The summed E-state index contributed by atoms with van der Waals surface area (Å²) in [6, 6.07) is 2.77. The zero-order valence-electron chi connectivity index (χ0n) is 13.7. The summed E-state index contributed by atoms with van der Waals surface area (Å²) < 4.78 is 99.2. The number of carbonyl (C=O) groups is 2. The van der Waals surface area contributed by atoms with Gasteiger partial charge in [0.2, 0.25) is 0 Å². The maximum Gasteiger partial charge on any atom is 0.419 e. The minimum Gasteiger partial charge on any atom is -0.478 e. The van der Waals surface area contributed by atoms with Crippen LogP contribution < -0.4 is 0 Å². The first kappa shape index (κ1) is 26.3. The third-order valence-electron chi connectivity index (χ3n) is 3.20. The second kappa shape index (κ2) is 9.60. The summed E-state index contributed by atoms with van der Waals surface area (Å²) in [4.78, 5) is 21.2. The van der Waals surface area contributed by atoms with Gasteiger partial charge in [0, 0.05) is 8.95 Å². The highest BCUT2D eigenvalue weighted by Gasteiger charge is 2.37. The summed E-state index contributed by atoms with van der Waals surface area (Å²) in [5.41, 5.74) is -4.95. The fourth-order valence-corrected chi connectivity index (χ4v) is 3.18. The van der Waals surface area contributed by atoms with Crippen LogP contribution >= 0.6 is 43.5 Å². The Morgan fingerprint density at radius 1 is 0.767 bits per heavy atom. The van der Waals surface area contributed by atoms with Crippen LogP contribution in [-0.2, 0) is 12.4 Å². The summed E-state index contributed by atoms with van der Waals surface area (Å²) in [5.74, 6) is -5.22. The van der Waals surface area contributed by atoms with Crippen LogP contribution in [0.2, 0.25) is 0 Å². The highest BCUT2D eigenvalue weighted by molar-refractivity contribution is 9.10. The highest BCUT2D eigenvalue weighted by atomic mass is 79.9. The van der Waals surface area contributed by atoms with E-state index in [2.05, 4.69) is 31.9 Å². The van der Waals surface area contributed by atoms with E-state index in [1.54, 1.807) is 0 Å². The monoisotopic (exact) mass is 590 g/mol. The molecular formula is C16H5Br2ClF8O3. The van der Waals surface area contributed by atoms with Gasteiger partial charge in [0.05, 0.1) is 16.7 Å². The van der Waals surface area contributed by atoms with Crippen molar-refractivity contribution in [2.75, 3.05) is 0 Å². The molecule has 14 heteroatoms. The second-order valence-electron chi connectivity index (χ2n) is 5.14. The second-order valence-corrected chi connectivity index (χ2v) is 7.19. The normalized spacial score (nSPS) is 11.6. The molecule has 164 valence electrons. The van der Waals surface area contributed by atoms with Crippen molar-refractivity contribution < 1.29 is 49.8 Å². The zero-order chi connectivity index (χ0) is 23.6. The predicted octanol–water partition coefficient (Wildman–Crippen LogP) is 7.29. The van der Waals surface area contributed by atoms with E-state index in [0.29, 0.717) is 12.1 Å². The predicted molar refractivity (Wildman–Crippen MR) is 95.3 cm³/mol. The zero-order valence-corrected chi connectivity index (χ0v) is 17.7. The van der Waals surface area contributed by atoms with Gasteiger partial charge in [-0.3, -0.25) is 4.79 Å². The number of alkyl halides is 6. The minimum absolute atomic E-state index is 0.118. The minimum atomic E-state index is -4.91. The molecule has 2 aromatic rings. The number of carbonyl (C=O) groups excluding carboxylic acids is 1.